The van der Waals surface area contributed by atoms with E-state index in [1.165, 1.54) is 60.4 Å². The first kappa shape index (κ1) is 56.3. The minimum absolute atomic E-state index is 0.0606. The van der Waals surface area contributed by atoms with Gasteiger partial charge in [-0.15, -0.1) is 0 Å². The summed E-state index contributed by atoms with van der Waals surface area (Å²) in [6.07, 6.45) is 4.40. The minimum Gasteiger partial charge on any atom is -0.480 e. The molecular weight excluding hydrogens is 866 g/mol. The number of likely N-dealkylation sites (N-methyl/N-ethyl adjacent to an activating group) is 2. The van der Waals surface area contributed by atoms with E-state index in [9.17, 15) is 47.9 Å². The smallest absolute Gasteiger partial charge is 0.326 e. The highest BCUT2D eigenvalue weighted by atomic mass is 19.1. The highest BCUT2D eigenvalue weighted by molar-refractivity contribution is 6.12. The number of ether oxygens (including phenoxy) is 2. The number of imide groups is 1. The molecule has 0 spiro atoms. The first-order chi connectivity index (χ1) is 31.6. The topological polar surface area (TPSA) is 200 Å². The predicted octanol–water partition coefficient (Wildman–Crippen LogP) is 5.06. The molecule has 0 bridgehead atoms. The van der Waals surface area contributed by atoms with Crippen LogP contribution in [0.2, 0.25) is 0 Å². The molecule has 2 aliphatic heterocycles. The van der Waals surface area contributed by atoms with Gasteiger partial charge in [-0.25, -0.2) is 9.18 Å². The van der Waals surface area contributed by atoms with E-state index >= 15 is 0 Å². The van der Waals surface area contributed by atoms with Gasteiger partial charge in [0, 0.05) is 78.7 Å². The molecule has 0 radical (unpaired) electrons. The van der Waals surface area contributed by atoms with E-state index in [4.69, 9.17) is 9.47 Å². The standard InChI is InChI=1S/C50H76FN5O11/c1-12-32(6)46(54(9)49(63)36(30(2)3)28-39(57)45(31(4)5)53(8)41(58)18-14-13-15-25-56-42(59)23-24-43(56)60)40(66-10)29-44(61)55-26-16-17-38(55)47(67-11)33(7)48(62)52-37(50(64)65)27-34-19-21-35(51)22-20-34/h19-24,30-33,36-38,40,45-47H,12-18,25-29H2,1-11H3,(H,52,62)(H,64,65)/t32-,33+,36-,37-,38-,40+,45-,46-,47+/m0/s1. The largest absolute Gasteiger partial charge is 0.480 e. The van der Waals surface area contributed by atoms with E-state index in [1.54, 1.807) is 30.8 Å². The molecule has 6 amide bonds. The average molecular weight is 942 g/mol. The number of aliphatic carboxylic acids is 1. The van der Waals surface area contributed by atoms with Crippen molar-refractivity contribution in [2.45, 2.75) is 149 Å². The fourth-order valence-electron chi connectivity index (χ4n) is 9.61. The van der Waals surface area contributed by atoms with Crippen LogP contribution >= 0.6 is 0 Å². The fraction of sp³-hybridized carbons (Fsp3) is 0.680. The zero-order chi connectivity index (χ0) is 50.3. The number of carboxylic acid groups (broad SMARTS) is 1. The minimum atomic E-state index is -1.28. The lowest BCUT2D eigenvalue weighted by atomic mass is 9.83. The van der Waals surface area contributed by atoms with Gasteiger partial charge in [-0.3, -0.25) is 38.5 Å². The summed E-state index contributed by atoms with van der Waals surface area (Å²) in [6.45, 7) is 13.8. The molecule has 1 fully saturated rings. The van der Waals surface area contributed by atoms with Gasteiger partial charge in [0.15, 0.2) is 5.78 Å². The van der Waals surface area contributed by atoms with Crippen LogP contribution in [0.3, 0.4) is 0 Å². The number of benzene rings is 1. The van der Waals surface area contributed by atoms with Crippen LogP contribution in [-0.2, 0) is 54.3 Å². The van der Waals surface area contributed by atoms with E-state index in [-0.39, 0.29) is 85.3 Å². The van der Waals surface area contributed by atoms with Crippen LogP contribution in [0.1, 0.15) is 112 Å². The van der Waals surface area contributed by atoms with Gasteiger partial charge in [0.25, 0.3) is 11.8 Å². The Morgan fingerprint density at radius 1 is 0.866 bits per heavy atom. The molecule has 67 heavy (non-hydrogen) atoms. The van der Waals surface area contributed by atoms with Crippen LogP contribution in [0.4, 0.5) is 4.39 Å². The number of unbranched alkanes of at least 4 members (excludes halogenated alkanes) is 2. The molecule has 9 atom stereocenters. The van der Waals surface area contributed by atoms with Gasteiger partial charge in [0.1, 0.15) is 11.9 Å². The number of rotatable bonds is 28. The maximum atomic E-state index is 14.6. The molecule has 0 saturated carbocycles. The van der Waals surface area contributed by atoms with Gasteiger partial charge in [0.05, 0.1) is 42.7 Å². The number of methoxy groups -OCH3 is 2. The molecule has 1 aromatic rings. The number of hydrogen-bond donors (Lipinski definition) is 2. The normalized spacial score (nSPS) is 18.6. The summed E-state index contributed by atoms with van der Waals surface area (Å²) >= 11 is 0. The molecule has 2 N–H and O–H groups in total. The van der Waals surface area contributed by atoms with Gasteiger partial charge in [-0.05, 0) is 61.1 Å². The fourth-order valence-corrected chi connectivity index (χ4v) is 9.61. The summed E-state index contributed by atoms with van der Waals surface area (Å²) in [5, 5.41) is 12.5. The third-order valence-corrected chi connectivity index (χ3v) is 13.7. The van der Waals surface area contributed by atoms with Crippen molar-refractivity contribution in [2.24, 2.45) is 29.6 Å². The number of Topliss-reactive ketones (excluding diaryl/α,β-unsaturated/α-hetero) is 1. The monoisotopic (exact) mass is 942 g/mol. The Hall–Kier alpha value is -5.03. The van der Waals surface area contributed by atoms with Crippen LogP contribution in [-0.4, -0.2) is 150 Å². The quantitative estimate of drug-likeness (QED) is 0.0841. The van der Waals surface area contributed by atoms with Gasteiger partial charge in [-0.2, -0.15) is 0 Å². The molecule has 0 unspecified atom stereocenters. The van der Waals surface area contributed by atoms with Crippen molar-refractivity contribution >= 4 is 47.2 Å². The first-order valence-corrected chi connectivity index (χ1v) is 23.8. The van der Waals surface area contributed by atoms with Crippen LogP contribution in [0.25, 0.3) is 0 Å². The molecular formula is C50H76FN5O11. The van der Waals surface area contributed by atoms with E-state index in [0.29, 0.717) is 50.6 Å². The van der Waals surface area contributed by atoms with Crippen molar-refractivity contribution in [1.82, 2.24) is 24.9 Å². The summed E-state index contributed by atoms with van der Waals surface area (Å²) in [5.41, 5.74) is 0.533. The number of ketones is 1. The lowest BCUT2D eigenvalue weighted by Crippen LogP contribution is -2.55. The van der Waals surface area contributed by atoms with Crippen molar-refractivity contribution in [3.63, 3.8) is 0 Å². The van der Waals surface area contributed by atoms with E-state index < -0.39 is 65.9 Å². The zero-order valence-corrected chi connectivity index (χ0v) is 41.5. The van der Waals surface area contributed by atoms with Crippen molar-refractivity contribution in [1.29, 1.82) is 0 Å². The van der Waals surface area contributed by atoms with E-state index in [2.05, 4.69) is 5.32 Å². The highest BCUT2D eigenvalue weighted by Gasteiger charge is 2.44. The van der Waals surface area contributed by atoms with Crippen molar-refractivity contribution in [3.8, 4) is 0 Å². The van der Waals surface area contributed by atoms with Crippen molar-refractivity contribution in [3.05, 3.63) is 47.8 Å². The number of nitrogens with zero attached hydrogens (tertiary/aromatic N) is 4. The Kier molecular flexibility index (Phi) is 22.3. The Labute approximate surface area is 396 Å². The van der Waals surface area contributed by atoms with E-state index in [1.807, 2.05) is 41.5 Å². The summed E-state index contributed by atoms with van der Waals surface area (Å²) in [5.74, 6) is -6.14. The molecule has 17 heteroatoms. The predicted molar refractivity (Wildman–Crippen MR) is 249 cm³/mol. The molecule has 16 nitrogen and oxygen atoms in total. The molecule has 374 valence electrons. The third kappa shape index (κ3) is 15.2. The van der Waals surface area contributed by atoms with Gasteiger partial charge < -0.3 is 34.6 Å². The number of hydrogen-bond acceptors (Lipinski definition) is 10. The maximum absolute atomic E-state index is 14.6. The number of carbonyl (C=O) groups is 8. The zero-order valence-electron chi connectivity index (χ0n) is 41.5. The van der Waals surface area contributed by atoms with Crippen molar-refractivity contribution < 1.29 is 57.3 Å². The van der Waals surface area contributed by atoms with Crippen LogP contribution < -0.4 is 5.32 Å². The molecule has 2 heterocycles. The molecule has 3 rings (SSSR count). The summed E-state index contributed by atoms with van der Waals surface area (Å²) < 4.78 is 25.4. The van der Waals surface area contributed by atoms with Crippen LogP contribution in [0.15, 0.2) is 36.4 Å². The van der Waals surface area contributed by atoms with Crippen molar-refractivity contribution in [2.75, 3.05) is 41.4 Å². The number of likely N-dealkylation sites (tertiary alicyclic amines) is 1. The number of amides is 6. The highest BCUT2D eigenvalue weighted by Crippen LogP contribution is 2.31. The third-order valence-electron chi connectivity index (χ3n) is 13.7. The molecule has 2 aliphatic rings. The summed E-state index contributed by atoms with van der Waals surface area (Å²) in [4.78, 5) is 112. The van der Waals surface area contributed by atoms with Gasteiger partial charge in [0.2, 0.25) is 23.6 Å². The first-order valence-electron chi connectivity index (χ1n) is 23.8. The number of carbonyl (C=O) groups excluding carboxylic acids is 7. The number of nitrogens with one attached hydrogen (secondary N) is 1. The Morgan fingerprint density at radius 3 is 2.03 bits per heavy atom. The Bertz CT molecular complexity index is 1890. The second-order valence-corrected chi connectivity index (χ2v) is 19.0. The second kappa shape index (κ2) is 26.5. The van der Waals surface area contributed by atoms with Gasteiger partial charge >= 0.3 is 5.97 Å². The summed E-state index contributed by atoms with van der Waals surface area (Å²) in [6, 6.07) is 2.24. The average Bonchev–Trinajstić information content (AvgIpc) is 3.90. The molecule has 0 aromatic heterocycles. The molecule has 0 aliphatic carbocycles. The summed E-state index contributed by atoms with van der Waals surface area (Å²) in [7, 11) is 6.23. The lowest BCUT2D eigenvalue weighted by molar-refractivity contribution is -0.150. The van der Waals surface area contributed by atoms with Crippen LogP contribution in [0.5, 0.6) is 0 Å². The SMILES string of the molecule is CC[C@H](C)[C@@H]([C@@H](CC(=O)N1CCC[C@H]1[C@H](OC)[C@@H](C)C(=O)N[C@@H](Cc1ccc(F)cc1)C(=O)O)OC)N(C)C(=O)[C@@H](CC(=O)[C@H](C(C)C)N(C)C(=O)CCCCCN1C(=O)C=CC1=O)C(C)C. The van der Waals surface area contributed by atoms with Gasteiger partial charge in [-0.1, -0.05) is 73.4 Å². The van der Waals surface area contributed by atoms with Crippen LogP contribution in [0, 0.1) is 35.4 Å². The number of halogens is 1. The van der Waals surface area contributed by atoms with E-state index in [0.717, 1.165) is 0 Å². The lowest BCUT2D eigenvalue weighted by Gasteiger charge is -2.41. The number of carboxylic acids is 1. The molecule has 1 saturated heterocycles. The Balaban J connectivity index is 1.71. The molecule has 1 aromatic carbocycles. The second-order valence-electron chi connectivity index (χ2n) is 19.0. The maximum Gasteiger partial charge on any atom is 0.326 e. The Morgan fingerprint density at radius 2 is 1.49 bits per heavy atom.